The first-order valence-electron chi connectivity index (χ1n) is 6.25. The van der Waals surface area contributed by atoms with Gasteiger partial charge in [-0.25, -0.2) is 0 Å². The molecule has 0 saturated heterocycles. The zero-order chi connectivity index (χ0) is 12.5. The highest BCUT2D eigenvalue weighted by molar-refractivity contribution is 5.71. The van der Waals surface area contributed by atoms with Crippen molar-refractivity contribution in [3.63, 3.8) is 0 Å². The molecule has 0 spiro atoms. The van der Waals surface area contributed by atoms with Crippen LogP contribution in [0.1, 0.15) is 47.5 Å². The van der Waals surface area contributed by atoms with Gasteiger partial charge in [-0.15, -0.1) is 0 Å². The standard InChI is InChI=1S/C13H25NO2/c1-8(2)14-11-7-6-10(12(15)16)13(4,5)9(11)3/h8-11,14H,6-7H2,1-5H3,(H,15,16). The fourth-order valence-electron chi connectivity index (χ4n) is 2.90. The number of rotatable bonds is 3. The van der Waals surface area contributed by atoms with E-state index in [9.17, 15) is 9.90 Å². The highest BCUT2D eigenvalue weighted by Gasteiger charge is 2.46. The highest BCUT2D eigenvalue weighted by atomic mass is 16.4. The van der Waals surface area contributed by atoms with Gasteiger partial charge >= 0.3 is 5.97 Å². The predicted molar refractivity (Wildman–Crippen MR) is 65.4 cm³/mol. The molecule has 0 heterocycles. The lowest BCUT2D eigenvalue weighted by atomic mass is 9.61. The first-order valence-corrected chi connectivity index (χ1v) is 6.25. The number of aliphatic carboxylic acids is 1. The summed E-state index contributed by atoms with van der Waals surface area (Å²) in [6.45, 7) is 10.6. The minimum absolute atomic E-state index is 0.128. The quantitative estimate of drug-likeness (QED) is 0.779. The third kappa shape index (κ3) is 2.57. The maximum atomic E-state index is 11.2. The van der Waals surface area contributed by atoms with Crippen molar-refractivity contribution < 1.29 is 9.90 Å². The molecule has 0 aromatic heterocycles. The zero-order valence-electron chi connectivity index (χ0n) is 11.1. The molecule has 1 saturated carbocycles. The van der Waals surface area contributed by atoms with Crippen LogP contribution in [-0.4, -0.2) is 23.2 Å². The summed E-state index contributed by atoms with van der Waals surface area (Å²) in [4.78, 5) is 11.2. The van der Waals surface area contributed by atoms with Crippen molar-refractivity contribution in [3.05, 3.63) is 0 Å². The smallest absolute Gasteiger partial charge is 0.307 e. The second-order valence-corrected chi connectivity index (χ2v) is 6.01. The highest BCUT2D eigenvalue weighted by Crippen LogP contribution is 2.45. The third-order valence-electron chi connectivity index (χ3n) is 4.29. The first-order chi connectivity index (χ1) is 7.26. The van der Waals surface area contributed by atoms with Crippen LogP contribution in [0.4, 0.5) is 0 Å². The van der Waals surface area contributed by atoms with Gasteiger partial charge < -0.3 is 10.4 Å². The van der Waals surface area contributed by atoms with Crippen LogP contribution in [0, 0.1) is 17.3 Å². The molecule has 3 nitrogen and oxygen atoms in total. The number of carbonyl (C=O) groups is 1. The molecular formula is C13H25NO2. The topological polar surface area (TPSA) is 49.3 Å². The SMILES string of the molecule is CC(C)NC1CCC(C(=O)O)C(C)(C)C1C. The molecule has 0 bridgehead atoms. The second kappa shape index (κ2) is 4.74. The molecule has 3 heteroatoms. The molecule has 1 aliphatic carbocycles. The Bertz CT molecular complexity index is 261. The van der Waals surface area contributed by atoms with Crippen molar-refractivity contribution in [3.8, 4) is 0 Å². The molecular weight excluding hydrogens is 202 g/mol. The van der Waals surface area contributed by atoms with E-state index >= 15 is 0 Å². The normalized spacial score (nSPS) is 34.0. The average Bonchev–Trinajstić information content (AvgIpc) is 2.11. The van der Waals surface area contributed by atoms with Gasteiger partial charge in [0, 0.05) is 12.1 Å². The monoisotopic (exact) mass is 227 g/mol. The van der Waals surface area contributed by atoms with Crippen LogP contribution in [0.2, 0.25) is 0 Å². The maximum absolute atomic E-state index is 11.2. The van der Waals surface area contributed by atoms with Gasteiger partial charge in [-0.3, -0.25) is 4.79 Å². The maximum Gasteiger partial charge on any atom is 0.307 e. The molecule has 0 amide bonds. The van der Waals surface area contributed by atoms with Crippen molar-refractivity contribution in [2.75, 3.05) is 0 Å². The molecule has 0 aromatic carbocycles. The molecule has 94 valence electrons. The van der Waals surface area contributed by atoms with Crippen LogP contribution in [0.5, 0.6) is 0 Å². The number of carboxylic acid groups (broad SMARTS) is 1. The molecule has 1 aliphatic rings. The minimum Gasteiger partial charge on any atom is -0.481 e. The van der Waals surface area contributed by atoms with E-state index in [4.69, 9.17) is 0 Å². The average molecular weight is 227 g/mol. The van der Waals surface area contributed by atoms with Crippen LogP contribution in [0.3, 0.4) is 0 Å². The third-order valence-corrected chi connectivity index (χ3v) is 4.29. The van der Waals surface area contributed by atoms with Crippen LogP contribution in [0.25, 0.3) is 0 Å². The van der Waals surface area contributed by atoms with Gasteiger partial charge in [-0.1, -0.05) is 34.6 Å². The summed E-state index contributed by atoms with van der Waals surface area (Å²) in [6, 6.07) is 0.912. The Morgan fingerprint density at radius 2 is 1.94 bits per heavy atom. The van der Waals surface area contributed by atoms with Crippen LogP contribution < -0.4 is 5.32 Å². The van der Waals surface area contributed by atoms with E-state index in [1.165, 1.54) is 0 Å². The Morgan fingerprint density at radius 1 is 1.38 bits per heavy atom. The number of nitrogens with one attached hydrogen (secondary N) is 1. The fraction of sp³-hybridized carbons (Fsp3) is 0.923. The van der Waals surface area contributed by atoms with Crippen molar-refractivity contribution in [1.82, 2.24) is 5.32 Å². The van der Waals surface area contributed by atoms with E-state index in [1.807, 2.05) is 0 Å². The summed E-state index contributed by atoms with van der Waals surface area (Å²) in [5.74, 6) is -0.447. The predicted octanol–water partition coefficient (Wildman–Crippen LogP) is 2.51. The minimum atomic E-state index is -0.639. The van der Waals surface area contributed by atoms with Crippen LogP contribution in [-0.2, 0) is 4.79 Å². The van der Waals surface area contributed by atoms with E-state index in [-0.39, 0.29) is 11.3 Å². The molecule has 0 aliphatic heterocycles. The molecule has 2 N–H and O–H groups in total. The molecule has 1 fully saturated rings. The van der Waals surface area contributed by atoms with Gasteiger partial charge in [0.15, 0.2) is 0 Å². The van der Waals surface area contributed by atoms with E-state index in [2.05, 4.69) is 39.9 Å². The van der Waals surface area contributed by atoms with Gasteiger partial charge in [-0.05, 0) is 24.2 Å². The molecule has 0 radical (unpaired) electrons. The summed E-state index contributed by atoms with van der Waals surface area (Å²) >= 11 is 0. The van der Waals surface area contributed by atoms with Crippen molar-refractivity contribution >= 4 is 5.97 Å². The van der Waals surface area contributed by atoms with E-state index in [1.54, 1.807) is 0 Å². The summed E-state index contributed by atoms with van der Waals surface area (Å²) in [6.07, 6.45) is 1.76. The molecule has 0 aromatic rings. The summed E-state index contributed by atoms with van der Waals surface area (Å²) < 4.78 is 0. The Morgan fingerprint density at radius 3 is 2.38 bits per heavy atom. The number of hydrogen-bond acceptors (Lipinski definition) is 2. The van der Waals surface area contributed by atoms with Gasteiger partial charge in [-0.2, -0.15) is 0 Å². The van der Waals surface area contributed by atoms with E-state index < -0.39 is 5.97 Å². The van der Waals surface area contributed by atoms with Crippen molar-refractivity contribution in [2.45, 2.75) is 59.5 Å². The van der Waals surface area contributed by atoms with Crippen molar-refractivity contribution in [1.29, 1.82) is 0 Å². The largest absolute Gasteiger partial charge is 0.481 e. The van der Waals surface area contributed by atoms with Crippen LogP contribution >= 0.6 is 0 Å². The summed E-state index contributed by atoms with van der Waals surface area (Å²) in [5, 5.41) is 12.8. The van der Waals surface area contributed by atoms with Gasteiger partial charge in [0.05, 0.1) is 5.92 Å². The Labute approximate surface area is 98.6 Å². The molecule has 1 rings (SSSR count). The van der Waals surface area contributed by atoms with Gasteiger partial charge in [0.2, 0.25) is 0 Å². The second-order valence-electron chi connectivity index (χ2n) is 6.01. The lowest BCUT2D eigenvalue weighted by Crippen LogP contribution is -2.52. The van der Waals surface area contributed by atoms with Crippen LogP contribution in [0.15, 0.2) is 0 Å². The lowest BCUT2D eigenvalue weighted by molar-refractivity contribution is -0.150. The number of carboxylic acids is 1. The van der Waals surface area contributed by atoms with E-state index in [0.717, 1.165) is 12.8 Å². The zero-order valence-corrected chi connectivity index (χ0v) is 11.1. The molecule has 16 heavy (non-hydrogen) atoms. The van der Waals surface area contributed by atoms with E-state index in [0.29, 0.717) is 18.0 Å². The van der Waals surface area contributed by atoms with Crippen molar-refractivity contribution in [2.24, 2.45) is 17.3 Å². The summed E-state index contributed by atoms with van der Waals surface area (Å²) in [7, 11) is 0. The Kier molecular flexibility index (Phi) is 4.00. The Balaban J connectivity index is 2.78. The van der Waals surface area contributed by atoms with Gasteiger partial charge in [0.1, 0.15) is 0 Å². The molecule has 3 unspecified atom stereocenters. The Hall–Kier alpha value is -0.570. The molecule has 3 atom stereocenters. The van der Waals surface area contributed by atoms with Gasteiger partial charge in [0.25, 0.3) is 0 Å². The summed E-state index contributed by atoms with van der Waals surface area (Å²) in [5.41, 5.74) is -0.128. The number of hydrogen-bond donors (Lipinski definition) is 2. The fourth-order valence-corrected chi connectivity index (χ4v) is 2.90. The first kappa shape index (κ1) is 13.5. The lowest BCUT2D eigenvalue weighted by Gasteiger charge is -2.47.